The van der Waals surface area contributed by atoms with Crippen LogP contribution in [0.1, 0.15) is 17.7 Å². The number of hydrogen-bond donors (Lipinski definition) is 0. The molecule has 0 aliphatic rings. The van der Waals surface area contributed by atoms with E-state index >= 15 is 0 Å². The van der Waals surface area contributed by atoms with Crippen LogP contribution >= 0.6 is 10.0 Å². The summed E-state index contributed by atoms with van der Waals surface area (Å²) in [6.45, 7) is 2.41. The number of furan rings is 1. The average Bonchev–Trinajstić information content (AvgIpc) is 3.69. The van der Waals surface area contributed by atoms with E-state index in [9.17, 15) is 0 Å². The third-order valence-corrected chi connectivity index (χ3v) is 14.0. The Balaban J connectivity index is 1.50. The molecule has 7 aromatic carbocycles. The summed E-state index contributed by atoms with van der Waals surface area (Å²) in [5, 5.41) is 4.92. The number of fused-ring (bicyclic) bond motifs is 6. The van der Waals surface area contributed by atoms with E-state index in [1.54, 1.807) is 0 Å². The molecule has 0 spiro atoms. The van der Waals surface area contributed by atoms with Gasteiger partial charge in [-0.15, -0.1) is 10.0 Å². The van der Waals surface area contributed by atoms with Gasteiger partial charge in [-0.2, -0.15) is 0 Å². The van der Waals surface area contributed by atoms with Crippen LogP contribution in [0, 0.1) is 0 Å². The summed E-state index contributed by atoms with van der Waals surface area (Å²) in [4.78, 5) is 3.85. The first-order chi connectivity index (χ1) is 23.2. The molecule has 0 aliphatic heterocycles. The lowest BCUT2D eigenvalue weighted by Gasteiger charge is -2.46. The smallest absolute Gasteiger partial charge is 0.148 e. The summed E-state index contributed by atoms with van der Waals surface area (Å²) in [5.41, 5.74) is 6.71. The molecule has 0 fully saturated rings. The van der Waals surface area contributed by atoms with Gasteiger partial charge in [-0.3, -0.25) is 0 Å². The molecule has 0 saturated carbocycles. The average molecular weight is 624 g/mol. The van der Waals surface area contributed by atoms with Gasteiger partial charge in [0.15, 0.2) is 0 Å². The van der Waals surface area contributed by atoms with Gasteiger partial charge in [-0.1, -0.05) is 121 Å². The Morgan fingerprint density at radius 3 is 1.57 bits per heavy atom. The van der Waals surface area contributed by atoms with Crippen molar-refractivity contribution in [2.75, 3.05) is 0 Å². The lowest BCUT2D eigenvalue weighted by molar-refractivity contribution is 0.659. The van der Waals surface area contributed by atoms with Crippen LogP contribution in [0.4, 0.5) is 0 Å². The molecule has 0 amide bonds. The second-order valence-electron chi connectivity index (χ2n) is 12.1. The van der Waals surface area contributed by atoms with Crippen molar-refractivity contribution in [1.82, 2.24) is 4.57 Å². The van der Waals surface area contributed by atoms with E-state index < -0.39 is 10.0 Å². The molecule has 2 nitrogen and oxygen atoms in total. The summed E-state index contributed by atoms with van der Waals surface area (Å²) in [6, 6.07) is 64.1. The van der Waals surface area contributed by atoms with Crippen molar-refractivity contribution in [2.24, 2.45) is 0 Å². The molecule has 0 aliphatic carbocycles. The van der Waals surface area contributed by atoms with Gasteiger partial charge in [-0.05, 0) is 76.9 Å². The van der Waals surface area contributed by atoms with Crippen LogP contribution in [0.5, 0.6) is 0 Å². The summed E-state index contributed by atoms with van der Waals surface area (Å²) in [6.07, 6.45) is 0. The van der Waals surface area contributed by atoms with E-state index in [1.807, 2.05) is 0 Å². The van der Waals surface area contributed by atoms with E-state index in [2.05, 4.69) is 187 Å². The van der Waals surface area contributed by atoms with Crippen LogP contribution in [0.25, 0.3) is 49.4 Å². The SMILES string of the molecule is CC(c1ccccc1)S(c1ccccc1)(c1ccccc1)c1cc(-n2c3ccccc3c3ccccc32)cc2c1oc1ccccc12. The highest BCUT2D eigenvalue weighted by atomic mass is 32.3. The zero-order valence-corrected chi connectivity index (χ0v) is 26.9. The minimum atomic E-state index is -1.97. The monoisotopic (exact) mass is 623 g/mol. The third kappa shape index (κ3) is 4.20. The standard InChI is InChI=1S/C44H33NOS/c1-31(32-17-5-2-6-18-32)47(34-19-7-3-8-20-34,35-21-9-4-10-22-35)43-30-33(29-39-38-25-13-16-28-42(38)46-44(39)43)45-40-26-14-11-23-36(40)37-24-12-15-27-41(37)45/h2-31H,1H3. The Morgan fingerprint density at radius 2 is 0.979 bits per heavy atom. The summed E-state index contributed by atoms with van der Waals surface area (Å²) in [7, 11) is -1.97. The molecule has 1 atom stereocenters. The molecule has 2 heterocycles. The molecular formula is C44H33NOS. The van der Waals surface area contributed by atoms with Crippen LogP contribution in [-0.4, -0.2) is 4.57 Å². The Morgan fingerprint density at radius 1 is 0.489 bits per heavy atom. The molecule has 3 heteroatoms. The van der Waals surface area contributed by atoms with Gasteiger partial charge in [0.2, 0.25) is 0 Å². The fourth-order valence-electron chi connectivity index (χ4n) is 7.54. The molecule has 2 aromatic heterocycles. The van der Waals surface area contributed by atoms with E-state index in [0.29, 0.717) is 0 Å². The number of aromatic nitrogens is 1. The van der Waals surface area contributed by atoms with Crippen LogP contribution in [-0.2, 0) is 0 Å². The van der Waals surface area contributed by atoms with Gasteiger partial charge in [0.05, 0.1) is 11.0 Å². The van der Waals surface area contributed by atoms with Crippen molar-refractivity contribution >= 4 is 53.8 Å². The normalized spacial score (nSPS) is 13.0. The lowest BCUT2D eigenvalue weighted by Crippen LogP contribution is -2.12. The molecule has 9 rings (SSSR count). The highest BCUT2D eigenvalue weighted by Crippen LogP contribution is 2.77. The third-order valence-electron chi connectivity index (χ3n) is 9.64. The number of benzene rings is 7. The zero-order chi connectivity index (χ0) is 31.4. The lowest BCUT2D eigenvalue weighted by atomic mass is 10.1. The minimum absolute atomic E-state index is 0.137. The van der Waals surface area contributed by atoms with Crippen LogP contribution in [0.15, 0.2) is 195 Å². The first kappa shape index (κ1) is 27.8. The van der Waals surface area contributed by atoms with E-state index in [0.717, 1.165) is 27.6 Å². The van der Waals surface area contributed by atoms with Crippen molar-refractivity contribution in [2.45, 2.75) is 26.9 Å². The van der Waals surface area contributed by atoms with Crippen LogP contribution in [0.2, 0.25) is 0 Å². The number of hydrogen-bond acceptors (Lipinski definition) is 1. The summed E-state index contributed by atoms with van der Waals surface area (Å²) >= 11 is 0. The zero-order valence-electron chi connectivity index (χ0n) is 26.1. The summed E-state index contributed by atoms with van der Waals surface area (Å²) in [5.74, 6) is 0. The number of para-hydroxylation sites is 3. The molecule has 9 aromatic rings. The first-order valence-electron chi connectivity index (χ1n) is 16.2. The quantitative estimate of drug-likeness (QED) is 0.180. The maximum absolute atomic E-state index is 6.98. The van der Waals surface area contributed by atoms with Gasteiger partial charge < -0.3 is 8.98 Å². The largest absolute Gasteiger partial charge is 0.455 e. The van der Waals surface area contributed by atoms with Crippen molar-refractivity contribution in [3.63, 3.8) is 0 Å². The Labute approximate surface area is 275 Å². The fraction of sp³-hybridized carbons (Fsp3) is 0.0455. The van der Waals surface area contributed by atoms with Crippen LogP contribution < -0.4 is 0 Å². The van der Waals surface area contributed by atoms with Gasteiger partial charge in [0, 0.05) is 37.4 Å². The molecule has 0 radical (unpaired) electrons. The molecule has 0 bridgehead atoms. The molecular weight excluding hydrogens is 591 g/mol. The second-order valence-corrected chi connectivity index (χ2v) is 15.5. The topological polar surface area (TPSA) is 18.1 Å². The Bertz CT molecular complexity index is 2440. The van der Waals surface area contributed by atoms with Gasteiger partial charge in [0.25, 0.3) is 0 Å². The predicted octanol–water partition coefficient (Wildman–Crippen LogP) is 12.7. The second kappa shape index (κ2) is 11.1. The van der Waals surface area contributed by atoms with Crippen molar-refractivity contribution in [3.8, 4) is 5.69 Å². The fourth-order valence-corrected chi connectivity index (χ4v) is 12.0. The van der Waals surface area contributed by atoms with E-state index in [-0.39, 0.29) is 5.25 Å². The molecule has 0 saturated heterocycles. The summed E-state index contributed by atoms with van der Waals surface area (Å²) < 4.78 is 9.42. The van der Waals surface area contributed by atoms with Crippen molar-refractivity contribution in [3.05, 3.63) is 181 Å². The highest BCUT2D eigenvalue weighted by Gasteiger charge is 2.40. The minimum Gasteiger partial charge on any atom is -0.455 e. The van der Waals surface area contributed by atoms with E-state index in [4.69, 9.17) is 4.42 Å². The highest BCUT2D eigenvalue weighted by molar-refractivity contribution is 8.34. The van der Waals surface area contributed by atoms with Gasteiger partial charge >= 0.3 is 0 Å². The molecule has 47 heavy (non-hydrogen) atoms. The van der Waals surface area contributed by atoms with Crippen molar-refractivity contribution in [1.29, 1.82) is 0 Å². The number of rotatable bonds is 6. The maximum Gasteiger partial charge on any atom is 0.148 e. The van der Waals surface area contributed by atoms with Crippen molar-refractivity contribution < 1.29 is 4.42 Å². The Hall–Kier alpha value is -5.51. The molecule has 1 unspecified atom stereocenters. The van der Waals surface area contributed by atoms with Gasteiger partial charge in [-0.25, -0.2) is 0 Å². The number of nitrogens with zero attached hydrogens (tertiary/aromatic N) is 1. The molecule has 226 valence electrons. The predicted molar refractivity (Wildman–Crippen MR) is 198 cm³/mol. The van der Waals surface area contributed by atoms with Gasteiger partial charge in [0.1, 0.15) is 11.2 Å². The maximum atomic E-state index is 6.98. The van der Waals surface area contributed by atoms with E-state index in [1.165, 1.54) is 42.1 Å². The van der Waals surface area contributed by atoms with Crippen LogP contribution in [0.3, 0.4) is 0 Å². The first-order valence-corrected chi connectivity index (χ1v) is 17.9. The Kier molecular flexibility index (Phi) is 6.55. The molecule has 0 N–H and O–H groups in total.